The summed E-state index contributed by atoms with van der Waals surface area (Å²) in [5.74, 6) is 0.435. The molecule has 6 nitrogen and oxygen atoms in total. The van der Waals surface area contributed by atoms with Crippen LogP contribution < -0.4 is 10.1 Å². The number of ether oxygens (including phenoxy) is 1. The number of aromatic nitrogens is 3. The molecule has 2 heterocycles. The quantitative estimate of drug-likeness (QED) is 0.551. The van der Waals surface area contributed by atoms with Gasteiger partial charge >= 0.3 is 0 Å². The van der Waals surface area contributed by atoms with Crippen molar-refractivity contribution in [1.29, 1.82) is 0 Å². The van der Waals surface area contributed by atoms with Crippen LogP contribution in [0.25, 0.3) is 11.0 Å². The van der Waals surface area contributed by atoms with E-state index in [0.717, 1.165) is 22.3 Å². The Morgan fingerprint density at radius 1 is 1.10 bits per heavy atom. The van der Waals surface area contributed by atoms with Crippen molar-refractivity contribution in [2.45, 2.75) is 20.5 Å². The molecule has 0 bridgehead atoms. The Kier molecular flexibility index (Phi) is 4.99. The molecule has 6 heteroatoms. The monoisotopic (exact) mass is 386 g/mol. The third-order valence-electron chi connectivity index (χ3n) is 4.71. The summed E-state index contributed by atoms with van der Waals surface area (Å²) in [7, 11) is 1.85. The smallest absolute Gasteiger partial charge is 0.255 e. The van der Waals surface area contributed by atoms with E-state index in [9.17, 15) is 4.79 Å². The summed E-state index contributed by atoms with van der Waals surface area (Å²) in [6, 6.07) is 17.2. The van der Waals surface area contributed by atoms with E-state index < -0.39 is 0 Å². The van der Waals surface area contributed by atoms with Gasteiger partial charge in [-0.2, -0.15) is 5.10 Å². The molecule has 4 aromatic rings. The number of hydrogen-bond donors (Lipinski definition) is 1. The Labute approximate surface area is 169 Å². The number of nitrogens with zero attached hydrogens (tertiary/aromatic N) is 3. The molecule has 0 radical (unpaired) electrons. The lowest BCUT2D eigenvalue weighted by Gasteiger charge is -2.09. The second kappa shape index (κ2) is 7.75. The summed E-state index contributed by atoms with van der Waals surface area (Å²) in [6.07, 6.45) is 1.64. The largest absolute Gasteiger partial charge is 0.489 e. The summed E-state index contributed by atoms with van der Waals surface area (Å²) in [5, 5.41) is 8.17. The van der Waals surface area contributed by atoms with Crippen LogP contribution in [0.4, 0.5) is 5.69 Å². The van der Waals surface area contributed by atoms with Crippen LogP contribution in [-0.4, -0.2) is 20.7 Å². The molecule has 0 spiro atoms. The maximum atomic E-state index is 12.7. The zero-order valence-corrected chi connectivity index (χ0v) is 16.6. The SMILES string of the molecule is Cc1cccc(COc2cccc(C(=O)Nc3cnc4c(c3)c(C)nn4C)c2)c1. The van der Waals surface area contributed by atoms with Crippen LogP contribution in [0.3, 0.4) is 0 Å². The van der Waals surface area contributed by atoms with E-state index in [1.165, 1.54) is 5.56 Å². The molecule has 0 unspecified atom stereocenters. The summed E-state index contributed by atoms with van der Waals surface area (Å²) in [4.78, 5) is 17.1. The van der Waals surface area contributed by atoms with Gasteiger partial charge in [0.15, 0.2) is 5.65 Å². The Hall–Kier alpha value is -3.67. The molecule has 1 amide bonds. The van der Waals surface area contributed by atoms with Gasteiger partial charge < -0.3 is 10.1 Å². The van der Waals surface area contributed by atoms with Crippen molar-refractivity contribution in [3.8, 4) is 5.75 Å². The summed E-state index contributed by atoms with van der Waals surface area (Å²) >= 11 is 0. The second-order valence-corrected chi connectivity index (χ2v) is 7.06. The fourth-order valence-corrected chi connectivity index (χ4v) is 3.28. The van der Waals surface area contributed by atoms with Crippen LogP contribution >= 0.6 is 0 Å². The first-order chi connectivity index (χ1) is 14.0. The molecular weight excluding hydrogens is 364 g/mol. The highest BCUT2D eigenvalue weighted by Crippen LogP contribution is 2.21. The molecular formula is C23H22N4O2. The molecule has 1 N–H and O–H groups in total. The number of pyridine rings is 1. The van der Waals surface area contributed by atoms with Crippen molar-refractivity contribution < 1.29 is 9.53 Å². The van der Waals surface area contributed by atoms with Crippen molar-refractivity contribution in [3.63, 3.8) is 0 Å². The van der Waals surface area contributed by atoms with Gasteiger partial charge in [0.2, 0.25) is 0 Å². The van der Waals surface area contributed by atoms with E-state index in [0.29, 0.717) is 23.6 Å². The normalized spacial score (nSPS) is 10.9. The number of carbonyl (C=O) groups excluding carboxylic acids is 1. The third kappa shape index (κ3) is 4.11. The van der Waals surface area contributed by atoms with Gasteiger partial charge in [-0.25, -0.2) is 4.98 Å². The summed E-state index contributed by atoms with van der Waals surface area (Å²) in [6.45, 7) is 4.42. The highest BCUT2D eigenvalue weighted by molar-refractivity contribution is 6.05. The molecule has 0 aliphatic carbocycles. The molecule has 2 aromatic heterocycles. The molecule has 0 saturated heterocycles. The Balaban J connectivity index is 1.47. The van der Waals surface area contributed by atoms with Crippen LogP contribution in [0.5, 0.6) is 5.75 Å². The minimum absolute atomic E-state index is 0.214. The van der Waals surface area contributed by atoms with E-state index in [4.69, 9.17) is 4.74 Å². The van der Waals surface area contributed by atoms with E-state index in [-0.39, 0.29) is 5.91 Å². The Bertz CT molecular complexity index is 1200. The van der Waals surface area contributed by atoms with Gasteiger partial charge in [-0.15, -0.1) is 0 Å². The lowest BCUT2D eigenvalue weighted by molar-refractivity contribution is 0.102. The van der Waals surface area contributed by atoms with Crippen molar-refractivity contribution in [2.24, 2.45) is 7.05 Å². The average molecular weight is 386 g/mol. The van der Waals surface area contributed by atoms with Crippen LogP contribution in [0.15, 0.2) is 60.8 Å². The fourth-order valence-electron chi connectivity index (χ4n) is 3.28. The molecule has 0 atom stereocenters. The first-order valence-corrected chi connectivity index (χ1v) is 9.39. The maximum Gasteiger partial charge on any atom is 0.255 e. The minimum atomic E-state index is -0.214. The summed E-state index contributed by atoms with van der Waals surface area (Å²) in [5.41, 5.74) is 5.09. The van der Waals surface area contributed by atoms with Gasteiger partial charge in [-0.05, 0) is 43.7 Å². The molecule has 0 saturated carbocycles. The lowest BCUT2D eigenvalue weighted by Crippen LogP contribution is -2.12. The summed E-state index contributed by atoms with van der Waals surface area (Å²) < 4.78 is 7.59. The number of nitrogens with one attached hydrogen (secondary N) is 1. The first-order valence-electron chi connectivity index (χ1n) is 9.39. The molecule has 4 rings (SSSR count). The molecule has 0 aliphatic heterocycles. The van der Waals surface area contributed by atoms with E-state index in [1.54, 1.807) is 23.0 Å². The number of benzene rings is 2. The zero-order chi connectivity index (χ0) is 20.4. The highest BCUT2D eigenvalue weighted by Gasteiger charge is 2.11. The van der Waals surface area contributed by atoms with Gasteiger partial charge in [0.25, 0.3) is 5.91 Å². The van der Waals surface area contributed by atoms with Gasteiger partial charge in [0.05, 0.1) is 17.6 Å². The second-order valence-electron chi connectivity index (χ2n) is 7.06. The van der Waals surface area contributed by atoms with Gasteiger partial charge in [-0.1, -0.05) is 35.9 Å². The number of fused-ring (bicyclic) bond motifs is 1. The van der Waals surface area contributed by atoms with Crippen molar-refractivity contribution in [1.82, 2.24) is 14.8 Å². The van der Waals surface area contributed by atoms with Crippen LogP contribution in [-0.2, 0) is 13.7 Å². The van der Waals surface area contributed by atoms with E-state index in [2.05, 4.69) is 21.5 Å². The van der Waals surface area contributed by atoms with Crippen LogP contribution in [0.2, 0.25) is 0 Å². The Morgan fingerprint density at radius 3 is 2.76 bits per heavy atom. The predicted molar refractivity (Wildman–Crippen MR) is 113 cm³/mol. The van der Waals surface area contributed by atoms with Gasteiger partial charge in [0, 0.05) is 18.0 Å². The van der Waals surface area contributed by atoms with Crippen LogP contribution in [0.1, 0.15) is 27.2 Å². The van der Waals surface area contributed by atoms with Crippen molar-refractivity contribution in [3.05, 3.63) is 83.2 Å². The number of rotatable bonds is 5. The molecule has 2 aromatic carbocycles. The molecule has 0 aliphatic rings. The molecule has 0 fully saturated rings. The van der Waals surface area contributed by atoms with Crippen molar-refractivity contribution in [2.75, 3.05) is 5.32 Å². The molecule has 29 heavy (non-hydrogen) atoms. The fraction of sp³-hybridized carbons (Fsp3) is 0.174. The molecule has 146 valence electrons. The number of aryl methyl sites for hydroxylation is 3. The zero-order valence-electron chi connectivity index (χ0n) is 16.6. The first kappa shape index (κ1) is 18.7. The lowest BCUT2D eigenvalue weighted by atomic mass is 10.1. The topological polar surface area (TPSA) is 69.0 Å². The highest BCUT2D eigenvalue weighted by atomic mass is 16.5. The van der Waals surface area contributed by atoms with E-state index >= 15 is 0 Å². The Morgan fingerprint density at radius 2 is 1.93 bits per heavy atom. The van der Waals surface area contributed by atoms with Gasteiger partial charge in [0.1, 0.15) is 12.4 Å². The van der Waals surface area contributed by atoms with Crippen molar-refractivity contribution >= 4 is 22.6 Å². The number of carbonyl (C=O) groups is 1. The standard InChI is InChI=1S/C23H22N4O2/c1-15-6-4-7-17(10-15)14-29-20-9-5-8-18(11-20)23(28)25-19-12-21-16(2)26-27(3)22(21)24-13-19/h4-13H,14H2,1-3H3,(H,25,28). The van der Waals surface area contributed by atoms with E-state index in [1.807, 2.05) is 57.3 Å². The third-order valence-corrected chi connectivity index (χ3v) is 4.71. The maximum absolute atomic E-state index is 12.7. The minimum Gasteiger partial charge on any atom is -0.489 e. The van der Waals surface area contributed by atoms with Crippen LogP contribution in [0, 0.1) is 13.8 Å². The van der Waals surface area contributed by atoms with Gasteiger partial charge in [-0.3, -0.25) is 9.48 Å². The number of hydrogen-bond acceptors (Lipinski definition) is 4. The number of anilines is 1. The number of amides is 1. The predicted octanol–water partition coefficient (Wildman–Crippen LogP) is 4.42. The average Bonchev–Trinajstić information content (AvgIpc) is 3.00.